The number of rotatable bonds is 5. The predicted molar refractivity (Wildman–Crippen MR) is 285 cm³/mol. The Morgan fingerprint density at radius 3 is 1.71 bits per heavy atom. The molecule has 6 nitrogen and oxygen atoms in total. The normalized spacial score (nSPS) is 12.1. The van der Waals surface area contributed by atoms with E-state index in [1.54, 1.807) is 0 Å². The average molecular weight is 880 g/mol. The van der Waals surface area contributed by atoms with Gasteiger partial charge in [0.1, 0.15) is 11.2 Å². The molecule has 4 heterocycles. The third-order valence-electron chi connectivity index (χ3n) is 14.1. The first-order chi connectivity index (χ1) is 34.2. The van der Waals surface area contributed by atoms with E-state index in [-0.39, 0.29) is 0 Å². The Morgan fingerprint density at radius 2 is 0.884 bits per heavy atom. The Hall–Kier alpha value is -9.39. The van der Waals surface area contributed by atoms with Crippen molar-refractivity contribution in [3.8, 4) is 45.5 Å². The Balaban J connectivity index is 0.997. The number of hydrogen-bond donors (Lipinski definition) is 0. The van der Waals surface area contributed by atoms with E-state index in [9.17, 15) is 0 Å². The summed E-state index contributed by atoms with van der Waals surface area (Å²) in [6, 6.07) is 79.6. The topological polar surface area (TPSA) is 61.7 Å². The second kappa shape index (κ2) is 14.6. The van der Waals surface area contributed by atoms with Crippen molar-refractivity contribution < 1.29 is 4.42 Å². The number of furan rings is 1. The van der Waals surface area contributed by atoms with E-state index < -0.39 is 0 Å². The lowest BCUT2D eigenvalue weighted by atomic mass is 10.0. The summed E-state index contributed by atoms with van der Waals surface area (Å²) in [4.78, 5) is 15.9. The highest BCUT2D eigenvalue weighted by atomic mass is 16.3. The van der Waals surface area contributed by atoms with Crippen LogP contribution in [0.3, 0.4) is 0 Å². The van der Waals surface area contributed by atoms with Crippen molar-refractivity contribution in [2.24, 2.45) is 0 Å². The van der Waals surface area contributed by atoms with E-state index in [0.717, 1.165) is 93.6 Å². The molecule has 0 aliphatic carbocycles. The van der Waals surface area contributed by atoms with E-state index in [1.165, 1.54) is 32.3 Å². The summed E-state index contributed by atoms with van der Waals surface area (Å²) in [6.45, 7) is 0. The molecular formula is C63H37N5O. The molecule has 15 rings (SSSR count). The zero-order chi connectivity index (χ0) is 45.2. The van der Waals surface area contributed by atoms with Gasteiger partial charge in [-0.1, -0.05) is 170 Å². The Labute approximate surface area is 394 Å². The number of fused-ring (bicyclic) bond motifs is 14. The van der Waals surface area contributed by atoms with Crippen LogP contribution in [-0.4, -0.2) is 24.1 Å². The molecule has 0 spiro atoms. The molecule has 15 aromatic rings. The zero-order valence-corrected chi connectivity index (χ0v) is 37.0. The number of benzene rings is 11. The fraction of sp³-hybridized carbons (Fsp3) is 0. The molecule has 69 heavy (non-hydrogen) atoms. The van der Waals surface area contributed by atoms with Gasteiger partial charge in [-0.2, -0.15) is 0 Å². The van der Waals surface area contributed by atoms with Crippen molar-refractivity contribution in [3.63, 3.8) is 0 Å². The lowest BCUT2D eigenvalue weighted by molar-refractivity contribution is 0.673. The molecule has 0 saturated heterocycles. The Kier molecular flexibility index (Phi) is 7.97. The van der Waals surface area contributed by atoms with Crippen LogP contribution in [0.1, 0.15) is 0 Å². The SMILES string of the molecule is c1ccc(-c2nc(-c3cccc4c3oc3c5ccccc5c(-n5c6cc7ccccc7cc6c6c7ccccc7ccc65)cc43)nc(-c3cccc4c3c3ccccc3n4-c3ccccc3)n2)cc1. The van der Waals surface area contributed by atoms with E-state index >= 15 is 0 Å². The minimum atomic E-state index is 0.540. The Morgan fingerprint density at radius 1 is 0.304 bits per heavy atom. The van der Waals surface area contributed by atoms with Gasteiger partial charge in [-0.25, -0.2) is 15.0 Å². The second-order valence-electron chi connectivity index (χ2n) is 17.9. The van der Waals surface area contributed by atoms with Gasteiger partial charge in [0.2, 0.25) is 0 Å². The van der Waals surface area contributed by atoms with Gasteiger partial charge < -0.3 is 13.6 Å². The van der Waals surface area contributed by atoms with Gasteiger partial charge >= 0.3 is 0 Å². The fourth-order valence-corrected chi connectivity index (χ4v) is 11.1. The Bertz CT molecular complexity index is 4600. The molecule has 0 amide bonds. The molecule has 0 aliphatic heterocycles. The van der Waals surface area contributed by atoms with Crippen LogP contribution in [-0.2, 0) is 0 Å². The van der Waals surface area contributed by atoms with Gasteiger partial charge in [0.25, 0.3) is 0 Å². The summed E-state index contributed by atoms with van der Waals surface area (Å²) in [6.07, 6.45) is 0. The van der Waals surface area contributed by atoms with E-state index in [4.69, 9.17) is 19.4 Å². The lowest BCUT2D eigenvalue weighted by Crippen LogP contribution is -2.00. The summed E-state index contributed by atoms with van der Waals surface area (Å²) >= 11 is 0. The summed E-state index contributed by atoms with van der Waals surface area (Å²) in [7, 11) is 0. The molecule has 0 saturated carbocycles. The highest BCUT2D eigenvalue weighted by Gasteiger charge is 2.24. The van der Waals surface area contributed by atoms with Crippen LogP contribution in [0.15, 0.2) is 229 Å². The van der Waals surface area contributed by atoms with Crippen molar-refractivity contribution in [2.75, 3.05) is 0 Å². The number of nitrogens with zero attached hydrogens (tertiary/aromatic N) is 5. The van der Waals surface area contributed by atoms with E-state index in [1.807, 2.05) is 18.2 Å². The monoisotopic (exact) mass is 879 g/mol. The van der Waals surface area contributed by atoms with Gasteiger partial charge in [0.05, 0.1) is 33.3 Å². The molecule has 0 radical (unpaired) electrons. The first-order valence-corrected chi connectivity index (χ1v) is 23.4. The molecule has 0 aliphatic rings. The number of hydrogen-bond acceptors (Lipinski definition) is 4. The molecule has 6 heteroatoms. The maximum Gasteiger partial charge on any atom is 0.167 e. The standard InChI is InChI=1S/C63H37N5O/c1-3-18-39(19-4-1)61-64-62(48-29-16-32-53-58(48)47-27-13-14-31-52(47)67(53)42-22-5-2-6-23-42)66-63(65-61)49-30-15-28-46-50-37-56(44-25-11-12-26-45(44)60(50)69-59(46)49)68-54-34-33-38-17-9-10-24-43(38)57(54)51-35-40-20-7-8-21-41(40)36-55(51)68/h1-37H. The van der Waals surface area contributed by atoms with Gasteiger partial charge in [-0.3, -0.25) is 0 Å². The minimum absolute atomic E-state index is 0.540. The maximum atomic E-state index is 7.17. The van der Waals surface area contributed by atoms with Gasteiger partial charge in [-0.05, 0) is 76.1 Å². The van der Waals surface area contributed by atoms with E-state index in [0.29, 0.717) is 17.5 Å². The molecule has 4 aromatic heterocycles. The summed E-state index contributed by atoms with van der Waals surface area (Å²) in [5.74, 6) is 1.72. The molecule has 0 bridgehead atoms. The highest BCUT2D eigenvalue weighted by Crippen LogP contribution is 2.45. The lowest BCUT2D eigenvalue weighted by Gasteiger charge is -2.13. The molecular weight excluding hydrogens is 843 g/mol. The molecule has 0 N–H and O–H groups in total. The van der Waals surface area contributed by atoms with Crippen LogP contribution in [0.25, 0.3) is 143 Å². The van der Waals surface area contributed by atoms with Crippen LogP contribution in [0.2, 0.25) is 0 Å². The molecule has 11 aromatic carbocycles. The largest absolute Gasteiger partial charge is 0.455 e. The van der Waals surface area contributed by atoms with Gasteiger partial charge in [-0.15, -0.1) is 0 Å². The van der Waals surface area contributed by atoms with Crippen molar-refractivity contribution in [2.45, 2.75) is 0 Å². The minimum Gasteiger partial charge on any atom is -0.455 e. The fourth-order valence-electron chi connectivity index (χ4n) is 11.1. The third-order valence-corrected chi connectivity index (χ3v) is 14.1. The predicted octanol–water partition coefficient (Wildman–Crippen LogP) is 16.4. The number of aromatic nitrogens is 5. The molecule has 320 valence electrons. The maximum absolute atomic E-state index is 7.17. The smallest absolute Gasteiger partial charge is 0.167 e. The van der Waals surface area contributed by atoms with Crippen LogP contribution in [0.5, 0.6) is 0 Å². The molecule has 0 unspecified atom stereocenters. The summed E-state index contributed by atoms with van der Waals surface area (Å²) < 4.78 is 12.0. The van der Waals surface area contributed by atoms with Crippen molar-refractivity contribution in [3.05, 3.63) is 224 Å². The summed E-state index contributed by atoms with van der Waals surface area (Å²) in [5.41, 5.74) is 10.9. The number of para-hydroxylation sites is 3. The second-order valence-corrected chi connectivity index (χ2v) is 17.9. The van der Waals surface area contributed by atoms with Crippen LogP contribution < -0.4 is 0 Å². The van der Waals surface area contributed by atoms with Crippen molar-refractivity contribution in [1.29, 1.82) is 0 Å². The third kappa shape index (κ3) is 5.57. The van der Waals surface area contributed by atoms with Crippen molar-refractivity contribution >= 4 is 97.9 Å². The van der Waals surface area contributed by atoms with Crippen LogP contribution in [0.4, 0.5) is 0 Å². The van der Waals surface area contributed by atoms with Crippen LogP contribution in [0, 0.1) is 0 Å². The van der Waals surface area contributed by atoms with Gasteiger partial charge in [0, 0.05) is 59.9 Å². The zero-order valence-electron chi connectivity index (χ0n) is 37.0. The molecule has 0 atom stereocenters. The quantitative estimate of drug-likeness (QED) is 0.173. The first-order valence-electron chi connectivity index (χ1n) is 23.4. The van der Waals surface area contributed by atoms with Crippen LogP contribution >= 0.6 is 0 Å². The highest BCUT2D eigenvalue weighted by molar-refractivity contribution is 6.25. The average Bonchev–Trinajstić information content (AvgIpc) is 4.08. The summed E-state index contributed by atoms with van der Waals surface area (Å²) in [5, 5.41) is 13.7. The first kappa shape index (κ1) is 37.8. The van der Waals surface area contributed by atoms with Gasteiger partial charge in [0.15, 0.2) is 17.5 Å². The van der Waals surface area contributed by atoms with Crippen molar-refractivity contribution in [1.82, 2.24) is 24.1 Å². The molecule has 0 fully saturated rings. The van der Waals surface area contributed by atoms with E-state index in [2.05, 4.69) is 215 Å².